The molecule has 0 aromatic heterocycles. The van der Waals surface area contributed by atoms with Crippen LogP contribution in [0.15, 0.2) is 12.2 Å². The number of hydrogen-bond acceptors (Lipinski definition) is 2. The second-order valence-electron chi connectivity index (χ2n) is 1.44. The number of carbonyl (C=O) groups excluding carboxylic acids is 2. The Morgan fingerprint density at radius 1 is 1.25 bits per heavy atom. The molecule has 0 saturated heterocycles. The summed E-state index contributed by atoms with van der Waals surface area (Å²) >= 11 is 0.110. The van der Waals surface area contributed by atoms with Gasteiger partial charge in [-0.2, -0.15) is 0 Å². The zero-order valence-electron chi connectivity index (χ0n) is 4.13. The number of hydrogen-bond donors (Lipinski definition) is 0. The van der Waals surface area contributed by atoms with Gasteiger partial charge >= 0.3 is 62.3 Å². The van der Waals surface area contributed by atoms with E-state index in [0.717, 1.165) is 0 Å². The molecule has 0 aliphatic carbocycles. The molecule has 0 saturated carbocycles. The van der Waals surface area contributed by atoms with Gasteiger partial charge < -0.3 is 0 Å². The van der Waals surface area contributed by atoms with Crippen LogP contribution in [0.4, 0.5) is 0 Å². The standard InChI is InChI=1S/C4H3NO2.Tl.H/c6-3-1-2-4(7)5-3;;/h1-2H,(H,5,6,7);;/q;+1;/p-1. The van der Waals surface area contributed by atoms with Crippen LogP contribution in [-0.4, -0.2) is 40.6 Å². The first kappa shape index (κ1) is 5.93. The van der Waals surface area contributed by atoms with Crippen LogP contribution in [0.1, 0.15) is 0 Å². The summed E-state index contributed by atoms with van der Waals surface area (Å²) in [6.45, 7) is 0. The van der Waals surface area contributed by atoms with Gasteiger partial charge in [-0.3, -0.25) is 0 Å². The molecule has 0 bridgehead atoms. The van der Waals surface area contributed by atoms with Gasteiger partial charge in [-0.05, 0) is 0 Å². The van der Waals surface area contributed by atoms with Crippen molar-refractivity contribution < 1.29 is 9.59 Å². The molecule has 0 unspecified atom stereocenters. The van der Waals surface area contributed by atoms with E-state index in [4.69, 9.17) is 0 Å². The Kier molecular flexibility index (Phi) is 1.45. The van der Waals surface area contributed by atoms with Crippen molar-refractivity contribution in [2.45, 2.75) is 0 Å². The maximum absolute atomic E-state index is 10.5. The minimum absolute atomic E-state index is 0.110. The van der Waals surface area contributed by atoms with E-state index in [1.807, 2.05) is 0 Å². The fourth-order valence-corrected chi connectivity index (χ4v) is 1.25. The Morgan fingerprint density at radius 3 is 1.75 bits per heavy atom. The van der Waals surface area contributed by atoms with Crippen LogP contribution in [0.2, 0.25) is 0 Å². The molecule has 1 aliphatic rings. The molecule has 39 valence electrons. The molecule has 0 radical (unpaired) electrons. The van der Waals surface area contributed by atoms with Crippen molar-refractivity contribution in [2.75, 3.05) is 0 Å². The van der Waals surface area contributed by atoms with Crippen LogP contribution in [0.5, 0.6) is 0 Å². The van der Waals surface area contributed by atoms with Crippen LogP contribution < -0.4 is 0 Å². The van der Waals surface area contributed by atoms with Crippen molar-refractivity contribution in [3.05, 3.63) is 12.2 Å². The maximum atomic E-state index is 10.5. The Bertz CT molecular complexity index is 157. The van der Waals surface area contributed by atoms with E-state index in [0.29, 0.717) is 0 Å². The zero-order valence-corrected chi connectivity index (χ0v) is 9.62. The first-order valence-corrected chi connectivity index (χ1v) is 4.54. The summed E-state index contributed by atoms with van der Waals surface area (Å²) in [5, 5.41) is 0. The first-order valence-electron chi connectivity index (χ1n) is 2.08. The van der Waals surface area contributed by atoms with E-state index in [1.54, 1.807) is 0 Å². The Labute approximate surface area is 62.5 Å². The summed E-state index contributed by atoms with van der Waals surface area (Å²) in [5.41, 5.74) is 0. The van der Waals surface area contributed by atoms with Crippen molar-refractivity contribution in [2.24, 2.45) is 0 Å². The molecule has 0 aromatic carbocycles. The quantitative estimate of drug-likeness (QED) is 0.413. The fourth-order valence-electron chi connectivity index (χ4n) is 0.431. The summed E-state index contributed by atoms with van der Waals surface area (Å²) in [7, 11) is 0. The predicted octanol–water partition coefficient (Wildman–Crippen LogP) is -1.27. The number of rotatable bonds is 0. The Balaban J connectivity index is 2.84. The second-order valence-corrected chi connectivity index (χ2v) is 3.90. The summed E-state index contributed by atoms with van der Waals surface area (Å²) in [4.78, 5) is 20.9. The van der Waals surface area contributed by atoms with Gasteiger partial charge in [0.25, 0.3) is 0 Å². The van der Waals surface area contributed by atoms with Gasteiger partial charge in [0.15, 0.2) is 0 Å². The molecule has 0 spiro atoms. The number of imide groups is 1. The second kappa shape index (κ2) is 1.96. The van der Waals surface area contributed by atoms with E-state index >= 15 is 0 Å². The third kappa shape index (κ3) is 0.816. The van der Waals surface area contributed by atoms with Crippen LogP contribution in [0.25, 0.3) is 0 Å². The normalized spacial score (nSPS) is 18.1. The molecule has 0 N–H and O–H groups in total. The molecule has 0 aromatic rings. The van der Waals surface area contributed by atoms with Gasteiger partial charge in [0.1, 0.15) is 0 Å². The predicted molar refractivity (Wildman–Crippen MR) is 28.1 cm³/mol. The van der Waals surface area contributed by atoms with Crippen LogP contribution >= 0.6 is 0 Å². The minimum atomic E-state index is -0.154. The van der Waals surface area contributed by atoms with Gasteiger partial charge in [-0.15, -0.1) is 0 Å². The molecule has 3 nitrogen and oxygen atoms in total. The monoisotopic (exact) mass is 302 g/mol. The third-order valence-electron chi connectivity index (χ3n) is 0.901. The van der Waals surface area contributed by atoms with Gasteiger partial charge in [0.05, 0.1) is 0 Å². The topological polar surface area (TPSA) is 37.4 Å². The van der Waals surface area contributed by atoms with E-state index in [1.165, 1.54) is 14.9 Å². The summed E-state index contributed by atoms with van der Waals surface area (Å²) in [5.74, 6) is -0.309. The van der Waals surface area contributed by atoms with Crippen molar-refractivity contribution in [3.63, 3.8) is 0 Å². The van der Waals surface area contributed by atoms with Gasteiger partial charge in [0.2, 0.25) is 0 Å². The number of amides is 2. The molecule has 2 amide bonds. The van der Waals surface area contributed by atoms with Gasteiger partial charge in [-0.1, -0.05) is 0 Å². The Morgan fingerprint density at radius 2 is 1.62 bits per heavy atom. The Hall–Kier alpha value is -0.198. The van der Waals surface area contributed by atoms with E-state index in [-0.39, 0.29) is 37.9 Å². The number of carbonyl (C=O) groups is 2. The van der Waals surface area contributed by atoms with Gasteiger partial charge in [-0.25, -0.2) is 0 Å². The van der Waals surface area contributed by atoms with E-state index < -0.39 is 0 Å². The average molecular weight is 301 g/mol. The molecule has 0 fully saturated rings. The third-order valence-corrected chi connectivity index (χ3v) is 3.32. The molecule has 0 atom stereocenters. The molecular weight excluding hydrogens is 298 g/mol. The molecule has 4 heteroatoms. The van der Waals surface area contributed by atoms with Gasteiger partial charge in [0, 0.05) is 0 Å². The summed E-state index contributed by atoms with van der Waals surface area (Å²) in [6, 6.07) is 0. The van der Waals surface area contributed by atoms with Crippen molar-refractivity contribution in [1.82, 2.24) is 2.71 Å². The van der Waals surface area contributed by atoms with E-state index in [9.17, 15) is 9.59 Å². The average Bonchev–Trinajstić information content (AvgIpc) is 1.98. The van der Waals surface area contributed by atoms with Crippen molar-refractivity contribution in [3.8, 4) is 0 Å². The van der Waals surface area contributed by atoms with Crippen molar-refractivity contribution >= 4 is 37.9 Å². The van der Waals surface area contributed by atoms with Crippen molar-refractivity contribution in [1.29, 1.82) is 0 Å². The summed E-state index contributed by atoms with van der Waals surface area (Å²) in [6.07, 6.45) is 2.60. The van der Waals surface area contributed by atoms with Crippen LogP contribution in [-0.2, 0) is 9.59 Å². The number of nitrogens with zero attached hydrogens (tertiary/aromatic N) is 1. The van der Waals surface area contributed by atoms with Crippen LogP contribution in [0.3, 0.4) is 0 Å². The van der Waals surface area contributed by atoms with E-state index in [2.05, 4.69) is 0 Å². The molecular formula is C4H3NO2Tl. The molecule has 8 heavy (non-hydrogen) atoms. The van der Waals surface area contributed by atoms with Crippen LogP contribution in [0, 0.1) is 0 Å². The molecule has 1 aliphatic heterocycles. The fraction of sp³-hybridized carbons (Fsp3) is 0. The summed E-state index contributed by atoms with van der Waals surface area (Å²) < 4.78 is 1.25. The first-order chi connectivity index (χ1) is 3.72. The molecule has 1 rings (SSSR count). The molecule has 1 heterocycles. The zero-order chi connectivity index (χ0) is 6.15. The SMILES string of the molecule is O=C1C=CC(=O)[N]1[TlH].